The highest BCUT2D eigenvalue weighted by Crippen LogP contribution is 2.26. The van der Waals surface area contributed by atoms with E-state index in [1.165, 1.54) is 11.3 Å². The summed E-state index contributed by atoms with van der Waals surface area (Å²) in [4.78, 5) is 5.29. The number of rotatable bonds is 3. The molecule has 1 atom stereocenters. The Bertz CT molecular complexity index is 466. The van der Waals surface area contributed by atoms with E-state index in [0.717, 1.165) is 15.6 Å². The van der Waals surface area contributed by atoms with Crippen LogP contribution >= 0.6 is 11.3 Å². The van der Waals surface area contributed by atoms with E-state index in [0.29, 0.717) is 5.88 Å². The van der Waals surface area contributed by atoms with Crippen LogP contribution in [-0.4, -0.2) is 22.3 Å². The summed E-state index contributed by atoms with van der Waals surface area (Å²) in [5, 5.41) is 8.74. The van der Waals surface area contributed by atoms with Gasteiger partial charge in [-0.15, -0.1) is 21.5 Å². The molecule has 2 N–H and O–H groups in total. The van der Waals surface area contributed by atoms with Gasteiger partial charge in [-0.2, -0.15) is 0 Å². The van der Waals surface area contributed by atoms with E-state index in [2.05, 4.69) is 15.2 Å². The number of thiazole rings is 1. The van der Waals surface area contributed by atoms with Gasteiger partial charge in [0.2, 0.25) is 5.88 Å². The fourth-order valence-electron chi connectivity index (χ4n) is 1.16. The lowest BCUT2D eigenvalue weighted by Crippen LogP contribution is -2.01. The van der Waals surface area contributed by atoms with Crippen LogP contribution in [-0.2, 0) is 0 Å². The van der Waals surface area contributed by atoms with Crippen molar-refractivity contribution in [1.29, 1.82) is 0 Å². The standard InChI is InChI=1S/C10H12N4OS/c1-6(11)8-5-12-10(16-8)7-3-4-9(15-2)14-13-7/h3-6H,11H2,1-2H3. The molecule has 0 aliphatic carbocycles. The summed E-state index contributed by atoms with van der Waals surface area (Å²) < 4.78 is 4.94. The SMILES string of the molecule is COc1ccc(-c2ncc(C(C)N)s2)nn1. The van der Waals surface area contributed by atoms with Crippen molar-refractivity contribution >= 4 is 11.3 Å². The second-order valence-electron chi connectivity index (χ2n) is 3.32. The second-order valence-corrected chi connectivity index (χ2v) is 4.38. The van der Waals surface area contributed by atoms with Crippen LogP contribution < -0.4 is 10.5 Å². The number of methoxy groups -OCH3 is 1. The van der Waals surface area contributed by atoms with Crippen LogP contribution in [0.1, 0.15) is 17.8 Å². The van der Waals surface area contributed by atoms with Gasteiger partial charge in [0.1, 0.15) is 10.7 Å². The van der Waals surface area contributed by atoms with Gasteiger partial charge in [-0.25, -0.2) is 4.98 Å². The molecular weight excluding hydrogens is 224 g/mol. The van der Waals surface area contributed by atoms with Gasteiger partial charge >= 0.3 is 0 Å². The van der Waals surface area contributed by atoms with Crippen molar-refractivity contribution in [3.63, 3.8) is 0 Å². The van der Waals surface area contributed by atoms with Gasteiger partial charge < -0.3 is 10.5 Å². The third-order valence-corrected chi connectivity index (χ3v) is 3.26. The topological polar surface area (TPSA) is 73.9 Å². The van der Waals surface area contributed by atoms with Crippen LogP contribution in [0.25, 0.3) is 10.7 Å². The first-order chi connectivity index (χ1) is 7.70. The van der Waals surface area contributed by atoms with Crippen molar-refractivity contribution in [3.8, 4) is 16.6 Å². The summed E-state index contributed by atoms with van der Waals surface area (Å²) in [6.45, 7) is 1.93. The minimum Gasteiger partial charge on any atom is -0.480 e. The van der Waals surface area contributed by atoms with E-state index in [9.17, 15) is 0 Å². The summed E-state index contributed by atoms with van der Waals surface area (Å²) in [7, 11) is 1.56. The zero-order chi connectivity index (χ0) is 11.5. The van der Waals surface area contributed by atoms with E-state index in [-0.39, 0.29) is 6.04 Å². The molecule has 0 radical (unpaired) electrons. The van der Waals surface area contributed by atoms with Crippen molar-refractivity contribution in [2.45, 2.75) is 13.0 Å². The maximum Gasteiger partial charge on any atom is 0.233 e. The number of nitrogens with zero attached hydrogens (tertiary/aromatic N) is 3. The Balaban J connectivity index is 2.28. The molecule has 0 aliphatic rings. The summed E-state index contributed by atoms with van der Waals surface area (Å²) in [6.07, 6.45) is 1.77. The van der Waals surface area contributed by atoms with Crippen LogP contribution in [0, 0.1) is 0 Å². The Hall–Kier alpha value is -1.53. The Kier molecular flexibility index (Phi) is 3.12. The summed E-state index contributed by atoms with van der Waals surface area (Å²) in [6, 6.07) is 3.59. The molecule has 16 heavy (non-hydrogen) atoms. The molecule has 2 rings (SSSR count). The molecule has 0 saturated heterocycles. The first kappa shape index (κ1) is 11.0. The predicted octanol–water partition coefficient (Wildman–Crippen LogP) is 1.63. The molecule has 2 aromatic rings. The highest BCUT2D eigenvalue weighted by molar-refractivity contribution is 7.15. The molecule has 0 aromatic carbocycles. The number of nitrogens with two attached hydrogens (primary N) is 1. The van der Waals surface area contributed by atoms with Crippen molar-refractivity contribution in [1.82, 2.24) is 15.2 Å². The summed E-state index contributed by atoms with van der Waals surface area (Å²) in [5.74, 6) is 0.493. The lowest BCUT2D eigenvalue weighted by Gasteiger charge is -1.98. The fourth-order valence-corrected chi connectivity index (χ4v) is 1.99. The number of aromatic nitrogens is 3. The van der Waals surface area contributed by atoms with E-state index in [1.54, 1.807) is 19.4 Å². The van der Waals surface area contributed by atoms with Gasteiger partial charge in [-0.1, -0.05) is 0 Å². The number of hydrogen-bond donors (Lipinski definition) is 1. The maximum absolute atomic E-state index is 5.77. The minimum absolute atomic E-state index is 0.00235. The average Bonchev–Trinajstić information content (AvgIpc) is 2.78. The number of hydrogen-bond acceptors (Lipinski definition) is 6. The van der Waals surface area contributed by atoms with Crippen LogP contribution in [0.15, 0.2) is 18.3 Å². The van der Waals surface area contributed by atoms with Gasteiger partial charge in [-0.05, 0) is 13.0 Å². The van der Waals surface area contributed by atoms with Gasteiger partial charge in [-0.3, -0.25) is 0 Å². The lowest BCUT2D eigenvalue weighted by molar-refractivity contribution is 0.392. The first-order valence-corrected chi connectivity index (χ1v) is 5.61. The third-order valence-electron chi connectivity index (χ3n) is 2.04. The fraction of sp³-hybridized carbons (Fsp3) is 0.300. The molecular formula is C10H12N4OS. The highest BCUT2D eigenvalue weighted by Gasteiger charge is 2.09. The zero-order valence-corrected chi connectivity index (χ0v) is 9.86. The van der Waals surface area contributed by atoms with E-state index < -0.39 is 0 Å². The molecule has 84 valence electrons. The monoisotopic (exact) mass is 236 g/mol. The first-order valence-electron chi connectivity index (χ1n) is 4.80. The van der Waals surface area contributed by atoms with Crippen molar-refractivity contribution in [2.24, 2.45) is 5.73 Å². The third kappa shape index (κ3) is 2.17. The van der Waals surface area contributed by atoms with Crippen LogP contribution in [0.5, 0.6) is 5.88 Å². The molecule has 0 aliphatic heterocycles. The van der Waals surface area contributed by atoms with E-state index in [4.69, 9.17) is 10.5 Å². The van der Waals surface area contributed by atoms with Crippen molar-refractivity contribution < 1.29 is 4.74 Å². The van der Waals surface area contributed by atoms with Gasteiger partial charge in [0.15, 0.2) is 0 Å². The Morgan fingerprint density at radius 1 is 1.38 bits per heavy atom. The predicted molar refractivity (Wildman–Crippen MR) is 62.3 cm³/mol. The summed E-state index contributed by atoms with van der Waals surface area (Å²) >= 11 is 1.53. The molecule has 6 heteroatoms. The van der Waals surface area contributed by atoms with Crippen molar-refractivity contribution in [3.05, 3.63) is 23.2 Å². The Labute approximate surface area is 97.3 Å². The van der Waals surface area contributed by atoms with Gasteiger partial charge in [0, 0.05) is 23.2 Å². The molecule has 0 bridgehead atoms. The smallest absolute Gasteiger partial charge is 0.233 e. The van der Waals surface area contributed by atoms with Gasteiger partial charge in [0.25, 0.3) is 0 Å². The van der Waals surface area contributed by atoms with Crippen LogP contribution in [0.4, 0.5) is 0 Å². The molecule has 0 amide bonds. The molecule has 0 saturated carbocycles. The Morgan fingerprint density at radius 3 is 2.69 bits per heavy atom. The average molecular weight is 236 g/mol. The molecule has 0 fully saturated rings. The number of ether oxygens (including phenoxy) is 1. The van der Waals surface area contributed by atoms with E-state index in [1.807, 2.05) is 13.0 Å². The quantitative estimate of drug-likeness (QED) is 0.876. The molecule has 2 aromatic heterocycles. The molecule has 2 heterocycles. The molecule has 1 unspecified atom stereocenters. The van der Waals surface area contributed by atoms with Crippen LogP contribution in [0.3, 0.4) is 0 Å². The lowest BCUT2D eigenvalue weighted by atomic mass is 10.3. The normalized spacial score (nSPS) is 12.4. The van der Waals surface area contributed by atoms with Crippen molar-refractivity contribution in [2.75, 3.05) is 7.11 Å². The van der Waals surface area contributed by atoms with Gasteiger partial charge in [0.05, 0.1) is 7.11 Å². The largest absolute Gasteiger partial charge is 0.480 e. The highest BCUT2D eigenvalue weighted by atomic mass is 32.1. The summed E-state index contributed by atoms with van der Waals surface area (Å²) in [5.41, 5.74) is 6.50. The zero-order valence-electron chi connectivity index (χ0n) is 9.04. The maximum atomic E-state index is 5.77. The molecule has 5 nitrogen and oxygen atoms in total. The second kappa shape index (κ2) is 4.54. The van der Waals surface area contributed by atoms with E-state index >= 15 is 0 Å². The Morgan fingerprint density at radius 2 is 2.19 bits per heavy atom. The van der Waals surface area contributed by atoms with Crippen LogP contribution in [0.2, 0.25) is 0 Å². The molecule has 0 spiro atoms. The minimum atomic E-state index is -0.00235.